The van der Waals surface area contributed by atoms with Gasteiger partial charge in [0.25, 0.3) is 0 Å². The van der Waals surface area contributed by atoms with E-state index in [0.29, 0.717) is 11.1 Å². The highest BCUT2D eigenvalue weighted by molar-refractivity contribution is 6.03. The maximum atomic E-state index is 14.3. The Kier molecular flexibility index (Phi) is 5.94. The van der Waals surface area contributed by atoms with E-state index in [2.05, 4.69) is 10.3 Å². The Morgan fingerprint density at radius 2 is 1.34 bits per heavy atom. The van der Waals surface area contributed by atoms with Gasteiger partial charge in [0.2, 0.25) is 11.7 Å². The molecule has 1 heterocycles. The summed E-state index contributed by atoms with van der Waals surface area (Å²) in [5, 5.41) is 2.39. The van der Waals surface area contributed by atoms with Crippen LogP contribution in [0.25, 0.3) is 5.70 Å². The molecular formula is C24H17F5N2O. The minimum atomic E-state index is -2.22. The van der Waals surface area contributed by atoms with E-state index in [4.69, 9.17) is 4.74 Å². The minimum Gasteiger partial charge on any atom is -0.475 e. The fraction of sp³-hybridized carbons (Fsp3) is 0.125. The molecule has 1 aliphatic heterocycles. The van der Waals surface area contributed by atoms with Crippen LogP contribution in [0.4, 0.5) is 27.6 Å². The lowest BCUT2D eigenvalue weighted by molar-refractivity contribution is 0.319. The molecule has 0 aromatic heterocycles. The molecule has 8 heteroatoms. The number of hydrogen-bond acceptors (Lipinski definition) is 3. The van der Waals surface area contributed by atoms with Gasteiger partial charge in [-0.05, 0) is 18.1 Å². The van der Waals surface area contributed by atoms with E-state index in [-0.39, 0.29) is 24.2 Å². The molecule has 3 aromatic carbocycles. The number of ether oxygens (including phenoxy) is 1. The van der Waals surface area contributed by atoms with Crippen molar-refractivity contribution in [2.45, 2.75) is 13.0 Å². The lowest BCUT2D eigenvalue weighted by atomic mass is 10.1. The zero-order chi connectivity index (χ0) is 22.8. The van der Waals surface area contributed by atoms with Gasteiger partial charge in [-0.25, -0.2) is 26.9 Å². The van der Waals surface area contributed by atoms with Gasteiger partial charge < -0.3 is 10.1 Å². The summed E-state index contributed by atoms with van der Waals surface area (Å²) in [6, 6.07) is 17.4. The number of rotatable bonds is 5. The van der Waals surface area contributed by atoms with E-state index in [9.17, 15) is 22.0 Å². The average molecular weight is 444 g/mol. The molecule has 1 atom stereocenters. The molecule has 4 rings (SSSR count). The quantitative estimate of drug-likeness (QED) is 0.281. The van der Waals surface area contributed by atoms with Gasteiger partial charge in [0.15, 0.2) is 23.3 Å². The molecule has 0 saturated carbocycles. The number of benzene rings is 3. The molecule has 3 aromatic rings. The minimum absolute atomic E-state index is 0.0984. The predicted molar refractivity (Wildman–Crippen MR) is 111 cm³/mol. The molecule has 1 N–H and O–H groups in total. The number of nitrogens with one attached hydrogen (secondary N) is 1. The molecule has 0 spiro atoms. The highest BCUT2D eigenvalue weighted by atomic mass is 19.2. The van der Waals surface area contributed by atoms with Crippen molar-refractivity contribution in [2.75, 3.05) is 11.9 Å². The summed E-state index contributed by atoms with van der Waals surface area (Å²) in [6.45, 7) is 1.84. The molecule has 1 unspecified atom stereocenters. The maximum absolute atomic E-state index is 14.3. The average Bonchev–Trinajstić information content (AvgIpc) is 3.33. The molecular weight excluding hydrogens is 427 g/mol. The van der Waals surface area contributed by atoms with Crippen molar-refractivity contribution >= 4 is 17.3 Å². The third kappa shape index (κ3) is 3.95. The third-order valence-electron chi connectivity index (χ3n) is 5.05. The molecule has 0 radical (unpaired) electrons. The van der Waals surface area contributed by atoms with Crippen molar-refractivity contribution in [2.24, 2.45) is 4.99 Å². The molecule has 3 nitrogen and oxygen atoms in total. The van der Waals surface area contributed by atoms with E-state index in [1.807, 2.05) is 30.3 Å². The molecule has 1 aliphatic rings. The monoisotopic (exact) mass is 444 g/mol. The Morgan fingerprint density at radius 1 is 0.812 bits per heavy atom. The van der Waals surface area contributed by atoms with Crippen molar-refractivity contribution in [1.82, 2.24) is 0 Å². The lowest BCUT2D eigenvalue weighted by Crippen LogP contribution is -2.13. The first kappa shape index (κ1) is 21.5. The van der Waals surface area contributed by atoms with Crippen LogP contribution in [-0.4, -0.2) is 12.5 Å². The second-order valence-corrected chi connectivity index (χ2v) is 7.11. The molecule has 32 heavy (non-hydrogen) atoms. The van der Waals surface area contributed by atoms with Crippen molar-refractivity contribution in [3.63, 3.8) is 0 Å². The van der Waals surface area contributed by atoms with Crippen LogP contribution in [0.5, 0.6) is 0 Å². The zero-order valence-corrected chi connectivity index (χ0v) is 16.8. The molecule has 0 amide bonds. The molecule has 0 saturated heterocycles. The van der Waals surface area contributed by atoms with Crippen LogP contribution < -0.4 is 5.32 Å². The van der Waals surface area contributed by atoms with Crippen LogP contribution in [0.3, 0.4) is 0 Å². The smallest absolute Gasteiger partial charge is 0.214 e. The van der Waals surface area contributed by atoms with Gasteiger partial charge >= 0.3 is 0 Å². The summed E-state index contributed by atoms with van der Waals surface area (Å²) in [7, 11) is 0. The lowest BCUT2D eigenvalue weighted by Gasteiger charge is -2.17. The Bertz CT molecular complexity index is 1180. The van der Waals surface area contributed by atoms with Gasteiger partial charge in [-0.2, -0.15) is 0 Å². The SMILES string of the molecule is CC(C1=NC(c2ccccc2)CO1)=C(Nc1c(F)c(F)c(F)c(F)c1F)c1ccccc1. The zero-order valence-electron chi connectivity index (χ0n) is 16.8. The van der Waals surface area contributed by atoms with Crippen molar-refractivity contribution < 1.29 is 26.7 Å². The molecule has 0 fully saturated rings. The Hall–Kier alpha value is -3.68. The van der Waals surface area contributed by atoms with Crippen LogP contribution in [0.2, 0.25) is 0 Å². The summed E-state index contributed by atoms with van der Waals surface area (Å²) in [5.74, 6) is -10.0. The summed E-state index contributed by atoms with van der Waals surface area (Å²) < 4.78 is 75.3. The normalized spacial score (nSPS) is 16.3. The maximum Gasteiger partial charge on any atom is 0.214 e. The fourth-order valence-electron chi connectivity index (χ4n) is 3.36. The van der Waals surface area contributed by atoms with Crippen molar-refractivity contribution in [1.29, 1.82) is 0 Å². The number of halogens is 5. The van der Waals surface area contributed by atoms with Crippen molar-refractivity contribution in [3.8, 4) is 0 Å². The van der Waals surface area contributed by atoms with E-state index < -0.39 is 34.8 Å². The standard InChI is InChI=1S/C24H17F5N2O/c1-13(24-30-16(12-32-24)14-8-4-2-5-9-14)22(15-10-6-3-7-11-15)31-23-20(28)18(26)17(25)19(27)21(23)29/h2-11,16,31H,12H2,1H3. The number of nitrogens with zero attached hydrogens (tertiary/aromatic N) is 1. The summed E-state index contributed by atoms with van der Waals surface area (Å²) >= 11 is 0. The Morgan fingerprint density at radius 3 is 1.94 bits per heavy atom. The first-order valence-electron chi connectivity index (χ1n) is 9.69. The first-order valence-corrected chi connectivity index (χ1v) is 9.69. The van der Waals surface area contributed by atoms with E-state index >= 15 is 0 Å². The van der Waals surface area contributed by atoms with Crippen LogP contribution in [0, 0.1) is 29.1 Å². The third-order valence-corrected chi connectivity index (χ3v) is 5.05. The largest absolute Gasteiger partial charge is 0.475 e. The van der Waals surface area contributed by atoms with Crippen LogP contribution in [0.1, 0.15) is 24.1 Å². The van der Waals surface area contributed by atoms with Crippen molar-refractivity contribution in [3.05, 3.63) is 106 Å². The molecule has 0 aliphatic carbocycles. The van der Waals surface area contributed by atoms with Crippen LogP contribution >= 0.6 is 0 Å². The van der Waals surface area contributed by atoms with Crippen LogP contribution in [0.15, 0.2) is 71.2 Å². The fourth-order valence-corrected chi connectivity index (χ4v) is 3.36. The van der Waals surface area contributed by atoms with Gasteiger partial charge in [0, 0.05) is 5.57 Å². The van der Waals surface area contributed by atoms with Gasteiger partial charge in [0.1, 0.15) is 18.3 Å². The highest BCUT2D eigenvalue weighted by Gasteiger charge is 2.28. The van der Waals surface area contributed by atoms with Gasteiger partial charge in [-0.3, -0.25) is 0 Å². The van der Waals surface area contributed by atoms with Gasteiger partial charge in [0.05, 0.1) is 5.70 Å². The second kappa shape index (κ2) is 8.82. The summed E-state index contributed by atoms with van der Waals surface area (Å²) in [4.78, 5) is 4.54. The number of anilines is 1. The highest BCUT2D eigenvalue weighted by Crippen LogP contribution is 2.33. The van der Waals surface area contributed by atoms with E-state index in [1.54, 1.807) is 37.3 Å². The summed E-state index contributed by atoms with van der Waals surface area (Å²) in [6.07, 6.45) is 0. The molecule has 0 bridgehead atoms. The van der Waals surface area contributed by atoms with Gasteiger partial charge in [-0.15, -0.1) is 0 Å². The van der Waals surface area contributed by atoms with Crippen LogP contribution in [-0.2, 0) is 4.74 Å². The predicted octanol–water partition coefficient (Wildman–Crippen LogP) is 6.40. The number of hydrogen-bond donors (Lipinski definition) is 1. The second-order valence-electron chi connectivity index (χ2n) is 7.11. The topological polar surface area (TPSA) is 33.6 Å². The van der Waals surface area contributed by atoms with E-state index in [1.165, 1.54) is 0 Å². The van der Waals surface area contributed by atoms with Gasteiger partial charge in [-0.1, -0.05) is 60.7 Å². The first-order chi connectivity index (χ1) is 15.4. The summed E-state index contributed by atoms with van der Waals surface area (Å²) in [5.41, 5.74) is 0.658. The van der Waals surface area contributed by atoms with E-state index in [0.717, 1.165) is 5.56 Å². The Labute approximate surface area is 180 Å². The molecule has 164 valence electrons. The Balaban J connectivity index is 1.80. The number of aliphatic imine (C=N–C) groups is 1.